The molecular weight excluding hydrogens is 378 g/mol. The van der Waals surface area contributed by atoms with Gasteiger partial charge in [0.1, 0.15) is 0 Å². The third-order valence-corrected chi connectivity index (χ3v) is 6.38. The number of morpholine rings is 1. The van der Waals surface area contributed by atoms with E-state index in [1.54, 1.807) is 12.1 Å². The highest BCUT2D eigenvalue weighted by Gasteiger charge is 2.32. The molecule has 9 heteroatoms. The molecule has 26 heavy (non-hydrogen) atoms. The Balaban J connectivity index is 0.00000243. The summed E-state index contributed by atoms with van der Waals surface area (Å²) in [6, 6.07) is 6.27. The third-order valence-electron chi connectivity index (χ3n) is 4.54. The molecule has 2 aliphatic heterocycles. The Hall–Kier alpha value is -1.19. The molecular formula is C17H26ClN3O4S. The summed E-state index contributed by atoms with van der Waals surface area (Å²) in [5.74, 6) is -0.175. The zero-order chi connectivity index (χ0) is 18.0. The van der Waals surface area contributed by atoms with Gasteiger partial charge in [0, 0.05) is 31.2 Å². The number of carbonyl (C=O) groups excluding carboxylic acids is 1. The molecule has 0 aliphatic carbocycles. The molecule has 0 radical (unpaired) electrons. The number of ether oxygens (including phenoxy) is 1. The van der Waals surface area contributed by atoms with Crippen LogP contribution in [0.15, 0.2) is 29.2 Å². The van der Waals surface area contributed by atoms with Crippen molar-refractivity contribution in [2.45, 2.75) is 43.4 Å². The molecule has 1 aromatic carbocycles. The van der Waals surface area contributed by atoms with Gasteiger partial charge in [-0.05, 0) is 51.1 Å². The van der Waals surface area contributed by atoms with Gasteiger partial charge in [0.2, 0.25) is 10.0 Å². The van der Waals surface area contributed by atoms with Crippen LogP contribution in [-0.2, 0) is 14.8 Å². The molecule has 3 atom stereocenters. The number of halogens is 1. The van der Waals surface area contributed by atoms with Gasteiger partial charge in [-0.3, -0.25) is 4.79 Å². The highest BCUT2D eigenvalue weighted by molar-refractivity contribution is 7.89. The van der Waals surface area contributed by atoms with E-state index in [4.69, 9.17) is 4.74 Å². The first kappa shape index (κ1) is 21.1. The average molecular weight is 404 g/mol. The predicted molar refractivity (Wildman–Crippen MR) is 101 cm³/mol. The van der Waals surface area contributed by atoms with E-state index in [2.05, 4.69) is 10.6 Å². The van der Waals surface area contributed by atoms with Crippen molar-refractivity contribution in [1.82, 2.24) is 14.9 Å². The van der Waals surface area contributed by atoms with Gasteiger partial charge in [-0.2, -0.15) is 4.31 Å². The number of benzene rings is 1. The van der Waals surface area contributed by atoms with Gasteiger partial charge in [0.15, 0.2) is 0 Å². The first-order chi connectivity index (χ1) is 11.9. The van der Waals surface area contributed by atoms with Crippen molar-refractivity contribution in [3.05, 3.63) is 29.8 Å². The normalized spacial score (nSPS) is 26.9. The maximum atomic E-state index is 12.8. The van der Waals surface area contributed by atoms with Crippen LogP contribution in [0.2, 0.25) is 0 Å². The molecule has 1 aromatic rings. The molecule has 0 bridgehead atoms. The standard InChI is InChI=1S/C17H25N3O4S.ClH/c1-12-10-20(11-13(2)24-12)25(22,23)16-5-3-14(4-6-16)17(21)19-15-7-8-18-9-15;/h3-6,12-13,15,18H,7-11H2,1-2H3,(H,19,21);1H. The summed E-state index contributed by atoms with van der Waals surface area (Å²) in [5, 5.41) is 6.14. The fourth-order valence-corrected chi connectivity index (χ4v) is 4.89. The van der Waals surface area contributed by atoms with Crippen molar-refractivity contribution in [3.8, 4) is 0 Å². The quantitative estimate of drug-likeness (QED) is 0.783. The molecule has 146 valence electrons. The SMILES string of the molecule is CC1CN(S(=O)(=O)c2ccc(C(=O)NC3CCNC3)cc2)CC(C)O1.Cl. The van der Waals surface area contributed by atoms with E-state index in [0.29, 0.717) is 18.7 Å². The number of nitrogens with one attached hydrogen (secondary N) is 2. The van der Waals surface area contributed by atoms with Crippen LogP contribution in [0, 0.1) is 0 Å². The first-order valence-corrected chi connectivity index (χ1v) is 10.1. The lowest BCUT2D eigenvalue weighted by Gasteiger charge is -2.34. The lowest BCUT2D eigenvalue weighted by atomic mass is 10.2. The summed E-state index contributed by atoms with van der Waals surface area (Å²) in [4.78, 5) is 12.4. The molecule has 2 N–H and O–H groups in total. The zero-order valence-corrected chi connectivity index (χ0v) is 16.6. The predicted octanol–water partition coefficient (Wildman–Crippen LogP) is 0.998. The molecule has 0 saturated carbocycles. The van der Waals surface area contributed by atoms with E-state index in [9.17, 15) is 13.2 Å². The Morgan fingerprint density at radius 3 is 2.35 bits per heavy atom. The Bertz CT molecular complexity index is 710. The fraction of sp³-hybridized carbons (Fsp3) is 0.588. The third kappa shape index (κ3) is 4.75. The Morgan fingerprint density at radius 1 is 1.19 bits per heavy atom. The minimum absolute atomic E-state index is 0. The largest absolute Gasteiger partial charge is 0.373 e. The van der Waals surface area contributed by atoms with Crippen molar-refractivity contribution < 1.29 is 17.9 Å². The number of hydrogen-bond acceptors (Lipinski definition) is 5. The zero-order valence-electron chi connectivity index (χ0n) is 15.0. The Morgan fingerprint density at radius 2 is 1.81 bits per heavy atom. The fourth-order valence-electron chi connectivity index (χ4n) is 3.30. The smallest absolute Gasteiger partial charge is 0.251 e. The molecule has 7 nitrogen and oxygen atoms in total. The highest BCUT2D eigenvalue weighted by atomic mass is 35.5. The summed E-state index contributed by atoms with van der Waals surface area (Å²) >= 11 is 0. The second-order valence-corrected chi connectivity index (χ2v) is 8.70. The minimum atomic E-state index is -3.58. The molecule has 3 rings (SSSR count). The van der Waals surface area contributed by atoms with Gasteiger partial charge in [-0.25, -0.2) is 8.42 Å². The molecule has 2 saturated heterocycles. The maximum Gasteiger partial charge on any atom is 0.251 e. The van der Waals surface area contributed by atoms with E-state index in [-0.39, 0.29) is 41.5 Å². The first-order valence-electron chi connectivity index (χ1n) is 8.63. The van der Waals surface area contributed by atoms with Crippen molar-refractivity contribution in [2.24, 2.45) is 0 Å². The summed E-state index contributed by atoms with van der Waals surface area (Å²) in [7, 11) is -3.58. The highest BCUT2D eigenvalue weighted by Crippen LogP contribution is 2.21. The van der Waals surface area contributed by atoms with Crippen LogP contribution in [0.1, 0.15) is 30.6 Å². The number of nitrogens with zero attached hydrogens (tertiary/aromatic N) is 1. The van der Waals surface area contributed by atoms with Crippen molar-refractivity contribution in [3.63, 3.8) is 0 Å². The summed E-state index contributed by atoms with van der Waals surface area (Å²) < 4.78 is 32.6. The van der Waals surface area contributed by atoms with Gasteiger partial charge < -0.3 is 15.4 Å². The molecule has 2 fully saturated rings. The number of rotatable bonds is 4. The van der Waals surface area contributed by atoms with E-state index in [1.807, 2.05) is 13.8 Å². The van der Waals surface area contributed by atoms with Crippen LogP contribution < -0.4 is 10.6 Å². The van der Waals surface area contributed by atoms with Crippen molar-refractivity contribution in [1.29, 1.82) is 0 Å². The molecule has 0 aromatic heterocycles. The van der Waals surface area contributed by atoms with Gasteiger partial charge in [0.25, 0.3) is 5.91 Å². The van der Waals surface area contributed by atoms with Crippen LogP contribution in [0.25, 0.3) is 0 Å². The number of carbonyl (C=O) groups is 1. The molecule has 0 spiro atoms. The average Bonchev–Trinajstić information content (AvgIpc) is 3.07. The van der Waals surface area contributed by atoms with E-state index in [1.165, 1.54) is 16.4 Å². The monoisotopic (exact) mass is 403 g/mol. The molecule has 2 aliphatic rings. The minimum Gasteiger partial charge on any atom is -0.373 e. The van der Waals surface area contributed by atoms with Crippen LogP contribution in [0.3, 0.4) is 0 Å². The molecule has 2 heterocycles. The lowest BCUT2D eigenvalue weighted by molar-refractivity contribution is -0.0440. The summed E-state index contributed by atoms with van der Waals surface area (Å²) in [6.45, 7) is 6.07. The van der Waals surface area contributed by atoms with Crippen LogP contribution in [-0.4, -0.2) is 63.1 Å². The summed E-state index contributed by atoms with van der Waals surface area (Å²) in [5.41, 5.74) is 0.467. The second kappa shape index (κ2) is 8.67. The Labute approximate surface area is 160 Å². The van der Waals surface area contributed by atoms with Crippen molar-refractivity contribution in [2.75, 3.05) is 26.2 Å². The number of sulfonamides is 1. The van der Waals surface area contributed by atoms with Crippen LogP contribution in [0.5, 0.6) is 0 Å². The van der Waals surface area contributed by atoms with Gasteiger partial charge in [-0.1, -0.05) is 0 Å². The van der Waals surface area contributed by atoms with Gasteiger partial charge in [-0.15, -0.1) is 12.4 Å². The van der Waals surface area contributed by atoms with Gasteiger partial charge >= 0.3 is 0 Å². The second-order valence-electron chi connectivity index (χ2n) is 6.77. The van der Waals surface area contributed by atoms with Crippen LogP contribution >= 0.6 is 12.4 Å². The molecule has 3 unspecified atom stereocenters. The van der Waals surface area contributed by atoms with Crippen molar-refractivity contribution >= 4 is 28.3 Å². The topological polar surface area (TPSA) is 87.7 Å². The van der Waals surface area contributed by atoms with E-state index >= 15 is 0 Å². The maximum absolute atomic E-state index is 12.8. The summed E-state index contributed by atoms with van der Waals surface area (Å²) in [6.07, 6.45) is 0.637. The van der Waals surface area contributed by atoms with Gasteiger partial charge in [0.05, 0.1) is 17.1 Å². The van der Waals surface area contributed by atoms with E-state index < -0.39 is 10.0 Å². The van der Waals surface area contributed by atoms with E-state index in [0.717, 1.165) is 19.5 Å². The lowest BCUT2D eigenvalue weighted by Crippen LogP contribution is -2.48. The van der Waals surface area contributed by atoms with Crippen LogP contribution in [0.4, 0.5) is 0 Å². The Kier molecular flexibility index (Phi) is 7.04. The number of hydrogen-bond donors (Lipinski definition) is 2. The number of amides is 1. The molecule has 1 amide bonds.